The molecule has 17 heavy (non-hydrogen) atoms. The molecule has 0 unspecified atom stereocenters. The highest BCUT2D eigenvalue weighted by Gasteiger charge is 2.02. The molecule has 0 radical (unpaired) electrons. The largest absolute Gasteiger partial charge is 0.484 e. The average Bonchev–Trinajstić information content (AvgIpc) is 2.26. The minimum absolute atomic E-state index is 0.0630. The Labute approximate surface area is 115 Å². The second kappa shape index (κ2) is 7.50. The van der Waals surface area contributed by atoms with Crippen molar-refractivity contribution in [3.63, 3.8) is 0 Å². The summed E-state index contributed by atoms with van der Waals surface area (Å²) in [5.41, 5.74) is 0. The van der Waals surface area contributed by atoms with Crippen LogP contribution in [0.1, 0.15) is 0 Å². The van der Waals surface area contributed by atoms with Gasteiger partial charge in [-0.15, -0.1) is 0 Å². The van der Waals surface area contributed by atoms with Crippen molar-refractivity contribution < 1.29 is 9.53 Å². The number of halogens is 1. The van der Waals surface area contributed by atoms with Crippen LogP contribution >= 0.6 is 22.6 Å². The Morgan fingerprint density at radius 2 is 2.24 bits per heavy atom. The molecule has 0 spiro atoms. The summed E-state index contributed by atoms with van der Waals surface area (Å²) in [5, 5.41) is 2.79. The average molecular weight is 348 g/mol. The van der Waals surface area contributed by atoms with E-state index in [0.717, 1.165) is 15.9 Å². The third kappa shape index (κ3) is 6.48. The lowest BCUT2D eigenvalue weighted by atomic mass is 10.3. The summed E-state index contributed by atoms with van der Waals surface area (Å²) in [6, 6.07) is 7.62. The van der Waals surface area contributed by atoms with Crippen LogP contribution in [0.3, 0.4) is 0 Å². The van der Waals surface area contributed by atoms with Gasteiger partial charge in [0.25, 0.3) is 5.91 Å². The van der Waals surface area contributed by atoms with Crippen LogP contribution in [0.25, 0.3) is 0 Å². The van der Waals surface area contributed by atoms with Crippen molar-refractivity contribution in [3.05, 3.63) is 27.8 Å². The van der Waals surface area contributed by atoms with Gasteiger partial charge in [0.1, 0.15) is 5.75 Å². The maximum absolute atomic E-state index is 11.4. The lowest BCUT2D eigenvalue weighted by Gasteiger charge is -2.11. The minimum Gasteiger partial charge on any atom is -0.484 e. The Morgan fingerprint density at radius 3 is 2.88 bits per heavy atom. The van der Waals surface area contributed by atoms with E-state index in [-0.39, 0.29) is 12.5 Å². The fraction of sp³-hybridized carbons (Fsp3) is 0.417. The molecule has 1 rings (SSSR count). The molecule has 4 nitrogen and oxygen atoms in total. The zero-order valence-corrected chi connectivity index (χ0v) is 12.2. The topological polar surface area (TPSA) is 41.6 Å². The molecule has 0 aliphatic rings. The molecule has 1 amide bonds. The molecule has 0 fully saturated rings. The number of ether oxygens (including phenoxy) is 1. The van der Waals surface area contributed by atoms with Crippen LogP contribution in [0.2, 0.25) is 0 Å². The molecule has 1 N–H and O–H groups in total. The fourth-order valence-electron chi connectivity index (χ4n) is 1.18. The summed E-state index contributed by atoms with van der Waals surface area (Å²) in [4.78, 5) is 13.4. The first-order valence-corrected chi connectivity index (χ1v) is 6.45. The van der Waals surface area contributed by atoms with Crippen molar-refractivity contribution in [2.24, 2.45) is 0 Å². The third-order valence-electron chi connectivity index (χ3n) is 2.05. The van der Waals surface area contributed by atoms with Gasteiger partial charge in [0.2, 0.25) is 0 Å². The SMILES string of the molecule is CN(C)CCNC(=O)COc1cccc(I)c1. The number of likely N-dealkylation sites (N-methyl/N-ethyl adjacent to an activating group) is 1. The molecule has 5 heteroatoms. The number of hydrogen-bond donors (Lipinski definition) is 1. The van der Waals surface area contributed by atoms with Gasteiger partial charge < -0.3 is 15.0 Å². The third-order valence-corrected chi connectivity index (χ3v) is 2.72. The van der Waals surface area contributed by atoms with Crippen LogP contribution in [0.15, 0.2) is 24.3 Å². The predicted octanol–water partition coefficient (Wildman–Crippen LogP) is 1.35. The summed E-state index contributed by atoms with van der Waals surface area (Å²) >= 11 is 2.21. The molecule has 0 bridgehead atoms. The van der Waals surface area contributed by atoms with Gasteiger partial charge in [-0.3, -0.25) is 4.79 Å². The second-order valence-electron chi connectivity index (χ2n) is 3.90. The van der Waals surface area contributed by atoms with E-state index in [9.17, 15) is 4.79 Å². The van der Waals surface area contributed by atoms with Gasteiger partial charge >= 0.3 is 0 Å². The normalized spacial score (nSPS) is 10.4. The Balaban J connectivity index is 2.24. The van der Waals surface area contributed by atoms with E-state index in [1.807, 2.05) is 43.3 Å². The highest BCUT2D eigenvalue weighted by molar-refractivity contribution is 14.1. The molecule has 0 aliphatic carbocycles. The van der Waals surface area contributed by atoms with Crippen LogP contribution in [0.4, 0.5) is 0 Å². The lowest BCUT2D eigenvalue weighted by Crippen LogP contribution is -2.34. The first-order chi connectivity index (χ1) is 8.08. The van der Waals surface area contributed by atoms with Crippen molar-refractivity contribution in [1.29, 1.82) is 0 Å². The van der Waals surface area contributed by atoms with Crippen LogP contribution in [-0.4, -0.2) is 44.6 Å². The van der Waals surface area contributed by atoms with E-state index in [2.05, 4.69) is 27.9 Å². The molecule has 0 aliphatic heterocycles. The highest BCUT2D eigenvalue weighted by Crippen LogP contribution is 2.14. The van der Waals surface area contributed by atoms with Crippen LogP contribution in [-0.2, 0) is 4.79 Å². The summed E-state index contributed by atoms with van der Waals surface area (Å²) in [5.74, 6) is 0.630. The molecule has 0 saturated heterocycles. The van der Waals surface area contributed by atoms with Gasteiger partial charge in [0.05, 0.1) is 0 Å². The number of nitrogens with zero attached hydrogens (tertiary/aromatic N) is 1. The molecule has 0 heterocycles. The van der Waals surface area contributed by atoms with Gasteiger partial charge in [-0.05, 0) is 54.9 Å². The fourth-order valence-corrected chi connectivity index (χ4v) is 1.69. The smallest absolute Gasteiger partial charge is 0.257 e. The van der Waals surface area contributed by atoms with Gasteiger partial charge in [-0.25, -0.2) is 0 Å². The summed E-state index contributed by atoms with van der Waals surface area (Å²) < 4.78 is 6.47. The molecular weight excluding hydrogens is 331 g/mol. The van der Waals surface area contributed by atoms with Crippen LogP contribution in [0, 0.1) is 3.57 Å². The van der Waals surface area contributed by atoms with Crippen molar-refractivity contribution in [3.8, 4) is 5.75 Å². The number of carbonyl (C=O) groups excluding carboxylic acids is 1. The van der Waals surface area contributed by atoms with Gasteiger partial charge in [-0.1, -0.05) is 6.07 Å². The predicted molar refractivity (Wildman–Crippen MR) is 76.2 cm³/mol. The zero-order chi connectivity index (χ0) is 12.7. The standard InChI is InChI=1S/C12H17IN2O2/c1-15(2)7-6-14-12(16)9-17-11-5-3-4-10(13)8-11/h3-5,8H,6-7,9H2,1-2H3,(H,14,16). The maximum atomic E-state index is 11.4. The maximum Gasteiger partial charge on any atom is 0.257 e. The highest BCUT2D eigenvalue weighted by atomic mass is 127. The summed E-state index contributed by atoms with van der Waals surface area (Å²) in [6.45, 7) is 1.53. The molecule has 0 saturated carbocycles. The van der Waals surface area contributed by atoms with E-state index in [0.29, 0.717) is 6.54 Å². The van der Waals surface area contributed by atoms with Gasteiger partial charge in [0.15, 0.2) is 6.61 Å². The molecular formula is C12H17IN2O2. The van der Waals surface area contributed by atoms with E-state index >= 15 is 0 Å². The molecule has 94 valence electrons. The van der Waals surface area contributed by atoms with Gasteiger partial charge in [-0.2, -0.15) is 0 Å². The molecule has 0 atom stereocenters. The van der Waals surface area contributed by atoms with E-state index in [4.69, 9.17) is 4.74 Å². The monoisotopic (exact) mass is 348 g/mol. The number of amides is 1. The van der Waals surface area contributed by atoms with Crippen molar-refractivity contribution in [2.75, 3.05) is 33.8 Å². The van der Waals surface area contributed by atoms with Gasteiger partial charge in [0, 0.05) is 16.7 Å². The van der Waals surface area contributed by atoms with Crippen molar-refractivity contribution in [2.45, 2.75) is 0 Å². The van der Waals surface area contributed by atoms with Crippen molar-refractivity contribution in [1.82, 2.24) is 10.2 Å². The van der Waals surface area contributed by atoms with Crippen LogP contribution < -0.4 is 10.1 Å². The van der Waals surface area contributed by atoms with E-state index < -0.39 is 0 Å². The minimum atomic E-state index is -0.0919. The Bertz CT molecular complexity index is 369. The first-order valence-electron chi connectivity index (χ1n) is 5.38. The Kier molecular flexibility index (Phi) is 6.28. The second-order valence-corrected chi connectivity index (χ2v) is 5.14. The van der Waals surface area contributed by atoms with Crippen molar-refractivity contribution >= 4 is 28.5 Å². The van der Waals surface area contributed by atoms with E-state index in [1.54, 1.807) is 0 Å². The number of rotatable bonds is 6. The number of benzene rings is 1. The van der Waals surface area contributed by atoms with E-state index in [1.165, 1.54) is 0 Å². The quantitative estimate of drug-likeness (QED) is 0.790. The zero-order valence-electron chi connectivity index (χ0n) is 10.1. The Morgan fingerprint density at radius 1 is 1.47 bits per heavy atom. The number of carbonyl (C=O) groups is 1. The summed E-state index contributed by atoms with van der Waals surface area (Å²) in [6.07, 6.45) is 0. The molecule has 0 aromatic heterocycles. The summed E-state index contributed by atoms with van der Waals surface area (Å²) in [7, 11) is 3.93. The molecule has 1 aromatic rings. The van der Waals surface area contributed by atoms with Crippen LogP contribution in [0.5, 0.6) is 5.75 Å². The Hall–Kier alpha value is -0.820. The number of hydrogen-bond acceptors (Lipinski definition) is 3. The first kappa shape index (κ1) is 14.2. The number of nitrogens with one attached hydrogen (secondary N) is 1. The lowest BCUT2D eigenvalue weighted by molar-refractivity contribution is -0.123. The molecule has 1 aromatic carbocycles.